The van der Waals surface area contributed by atoms with Gasteiger partial charge in [0.1, 0.15) is 15.0 Å². The maximum Gasteiger partial charge on any atom is 1.00 e. The first kappa shape index (κ1) is 45.5. The molecule has 1 aliphatic rings. The van der Waals surface area contributed by atoms with E-state index in [1.807, 2.05) is 35.8 Å². The first-order valence-corrected chi connectivity index (χ1v) is 20.2. The van der Waals surface area contributed by atoms with Gasteiger partial charge >= 0.3 is 59.1 Å². The molecule has 54 heavy (non-hydrogen) atoms. The van der Waals surface area contributed by atoms with E-state index < -0.39 is 41.0 Å². The topological polar surface area (TPSA) is 189 Å². The van der Waals surface area contributed by atoms with Crippen LogP contribution < -0.4 is 68.9 Å². The third-order valence-corrected chi connectivity index (χ3v) is 11.0. The Labute approximate surface area is 360 Å². The van der Waals surface area contributed by atoms with Gasteiger partial charge in [-0.2, -0.15) is 16.8 Å². The molecular weight excluding hydrogens is 775 g/mol. The Hall–Kier alpha value is -2.90. The van der Waals surface area contributed by atoms with E-state index in [-0.39, 0.29) is 74.5 Å². The summed E-state index contributed by atoms with van der Waals surface area (Å²) in [6, 6.07) is 26.1. The SMILES string of the molecule is CCN(Cc1cccc(S(=O)(=O)[O-])c1)c1ccc(C(=C2C=CC(=O)C=C2S(=O)(=O)O)c2ccc(N(CC)Cc3cccc(S(=O)(=O)O)c3)cc2)cc1.[Na+].[Na+]. The molecule has 2 N–H and O–H groups in total. The molecular formula is C37H35N2Na2O10S3+. The first-order chi connectivity index (χ1) is 24.5. The second-order valence-corrected chi connectivity index (χ2v) is 16.0. The van der Waals surface area contributed by atoms with Crippen molar-refractivity contribution in [1.82, 2.24) is 0 Å². The molecule has 272 valence electrons. The van der Waals surface area contributed by atoms with Crippen molar-refractivity contribution < 1.29 is 103 Å². The van der Waals surface area contributed by atoms with Crippen LogP contribution in [0.15, 0.2) is 136 Å². The van der Waals surface area contributed by atoms with E-state index in [9.17, 15) is 43.7 Å². The number of hydrogen-bond acceptors (Lipinski definition) is 10. The Morgan fingerprint density at radius 2 is 1.07 bits per heavy atom. The molecule has 0 spiro atoms. The normalized spacial score (nSPS) is 14.0. The Kier molecular flexibility index (Phi) is 15.9. The maximum absolute atomic E-state index is 12.5. The number of ketones is 1. The van der Waals surface area contributed by atoms with Crippen molar-refractivity contribution in [2.45, 2.75) is 36.7 Å². The van der Waals surface area contributed by atoms with Gasteiger partial charge < -0.3 is 14.4 Å². The zero-order valence-corrected chi connectivity index (χ0v) is 36.5. The Morgan fingerprint density at radius 1 is 0.630 bits per heavy atom. The number of anilines is 2. The van der Waals surface area contributed by atoms with Crippen LogP contribution in [-0.2, 0) is 48.2 Å². The number of hydrogen-bond donors (Lipinski definition) is 2. The number of allylic oxidation sites excluding steroid dienone is 4. The van der Waals surface area contributed by atoms with Crippen molar-refractivity contribution in [2.24, 2.45) is 0 Å². The van der Waals surface area contributed by atoms with Gasteiger partial charge in [-0.1, -0.05) is 48.5 Å². The average molecular weight is 810 g/mol. The van der Waals surface area contributed by atoms with E-state index in [2.05, 4.69) is 0 Å². The van der Waals surface area contributed by atoms with Crippen LogP contribution in [0.2, 0.25) is 0 Å². The largest absolute Gasteiger partial charge is 1.00 e. The number of rotatable bonds is 13. The summed E-state index contributed by atoms with van der Waals surface area (Å²) < 4.78 is 103. The Balaban J connectivity index is 0.00000392. The van der Waals surface area contributed by atoms with Crippen LogP contribution in [0.4, 0.5) is 11.4 Å². The van der Waals surface area contributed by atoms with Gasteiger partial charge in [-0.3, -0.25) is 13.9 Å². The third kappa shape index (κ3) is 11.3. The van der Waals surface area contributed by atoms with Gasteiger partial charge in [0, 0.05) is 49.2 Å². The molecule has 1 aliphatic carbocycles. The second-order valence-electron chi connectivity index (χ2n) is 11.9. The molecule has 0 aliphatic heterocycles. The molecule has 0 saturated heterocycles. The standard InChI is InChI=1S/C37H36N2O10S3.2Na/c1-3-38(24-26-7-5-9-33(21-26)50(41,42)43)30-15-11-28(12-16-30)37(35-20-19-32(40)23-36(35)52(47,48)49)29-13-17-31(18-14-29)39(4-2)25-27-8-6-10-34(22-27)51(44,45)46;;/h5-23H,3-4,24-25H2,1-2H3,(H,41,42,43)(H,44,45,46)(H,47,48,49);;/q;2*+1/p-1. The number of benzene rings is 4. The summed E-state index contributed by atoms with van der Waals surface area (Å²) in [4.78, 5) is 15.1. The van der Waals surface area contributed by atoms with Crippen molar-refractivity contribution in [2.75, 3.05) is 22.9 Å². The van der Waals surface area contributed by atoms with Crippen molar-refractivity contribution in [3.63, 3.8) is 0 Å². The average Bonchev–Trinajstić information content (AvgIpc) is 3.10. The van der Waals surface area contributed by atoms with Crippen LogP contribution in [0, 0.1) is 0 Å². The molecule has 0 aromatic heterocycles. The zero-order valence-electron chi connectivity index (χ0n) is 30.1. The van der Waals surface area contributed by atoms with Crippen molar-refractivity contribution in [3.8, 4) is 0 Å². The van der Waals surface area contributed by atoms with Crippen molar-refractivity contribution in [1.29, 1.82) is 0 Å². The molecule has 12 nitrogen and oxygen atoms in total. The summed E-state index contributed by atoms with van der Waals surface area (Å²) in [6.07, 6.45) is 3.42. The summed E-state index contributed by atoms with van der Waals surface area (Å²) in [5, 5.41) is 0. The summed E-state index contributed by atoms with van der Waals surface area (Å²) in [6.45, 7) is 5.51. The molecule has 0 heterocycles. The molecule has 4 aromatic carbocycles. The van der Waals surface area contributed by atoms with Crippen LogP contribution in [0.25, 0.3) is 5.57 Å². The Morgan fingerprint density at radius 3 is 1.48 bits per heavy atom. The van der Waals surface area contributed by atoms with E-state index in [1.54, 1.807) is 54.6 Å². The van der Waals surface area contributed by atoms with Gasteiger partial charge in [0.25, 0.3) is 20.2 Å². The summed E-state index contributed by atoms with van der Waals surface area (Å²) >= 11 is 0. The van der Waals surface area contributed by atoms with Gasteiger partial charge in [0.2, 0.25) is 0 Å². The van der Waals surface area contributed by atoms with Crippen LogP contribution in [-0.4, -0.2) is 57.8 Å². The third-order valence-electron chi connectivity index (χ3n) is 8.44. The van der Waals surface area contributed by atoms with Gasteiger partial charge in [-0.05, 0) is 102 Å². The minimum Gasteiger partial charge on any atom is -0.744 e. The van der Waals surface area contributed by atoms with E-state index in [0.29, 0.717) is 54.0 Å². The molecule has 0 bridgehead atoms. The smallest absolute Gasteiger partial charge is 0.744 e. The van der Waals surface area contributed by atoms with Gasteiger partial charge in [0.15, 0.2) is 5.78 Å². The number of carbonyl (C=O) groups excluding carboxylic acids is 1. The van der Waals surface area contributed by atoms with E-state index in [1.165, 1.54) is 42.5 Å². The van der Waals surface area contributed by atoms with Crippen molar-refractivity contribution >= 4 is 53.1 Å². The fourth-order valence-electron chi connectivity index (χ4n) is 5.89. The number of carbonyl (C=O) groups is 1. The van der Waals surface area contributed by atoms with E-state index in [0.717, 1.165) is 17.5 Å². The van der Waals surface area contributed by atoms with Crippen LogP contribution in [0.3, 0.4) is 0 Å². The number of nitrogens with zero attached hydrogens (tertiary/aromatic N) is 2. The monoisotopic (exact) mass is 809 g/mol. The van der Waals surface area contributed by atoms with Crippen LogP contribution >= 0.6 is 0 Å². The van der Waals surface area contributed by atoms with E-state index in [4.69, 9.17) is 0 Å². The molecule has 0 unspecified atom stereocenters. The molecule has 5 rings (SSSR count). The second kappa shape index (κ2) is 18.8. The quantitative estimate of drug-likeness (QED) is 0.132. The maximum atomic E-state index is 12.5. The van der Waals surface area contributed by atoms with Crippen LogP contribution in [0.1, 0.15) is 36.1 Å². The van der Waals surface area contributed by atoms with Gasteiger partial charge in [0.05, 0.1) is 9.79 Å². The minimum absolute atomic E-state index is 0. The fourth-order valence-corrected chi connectivity index (χ4v) is 7.70. The molecule has 0 saturated carbocycles. The Bertz CT molecular complexity index is 2300. The molecule has 0 amide bonds. The molecule has 0 radical (unpaired) electrons. The summed E-state index contributed by atoms with van der Waals surface area (Å²) in [5.74, 6) is -0.606. The van der Waals surface area contributed by atoms with E-state index >= 15 is 0 Å². The predicted octanol–water partition coefficient (Wildman–Crippen LogP) is -0.389. The molecule has 0 atom stereocenters. The van der Waals surface area contributed by atoms with Crippen molar-refractivity contribution in [3.05, 3.63) is 148 Å². The van der Waals surface area contributed by atoms with Crippen LogP contribution in [0.5, 0.6) is 0 Å². The first-order valence-electron chi connectivity index (χ1n) is 16.0. The fraction of sp³-hybridized carbons (Fsp3) is 0.162. The molecule has 0 fully saturated rings. The zero-order chi connectivity index (χ0) is 37.8. The van der Waals surface area contributed by atoms with Gasteiger partial charge in [-0.25, -0.2) is 8.42 Å². The summed E-state index contributed by atoms with van der Waals surface area (Å²) in [7, 11) is -13.8. The summed E-state index contributed by atoms with van der Waals surface area (Å²) in [5.41, 5.74) is 4.39. The molecule has 4 aromatic rings. The minimum atomic E-state index is -4.83. The van der Waals surface area contributed by atoms with Gasteiger partial charge in [-0.15, -0.1) is 0 Å². The molecule has 17 heteroatoms. The predicted molar refractivity (Wildman–Crippen MR) is 197 cm³/mol.